The minimum atomic E-state index is -3.57. The van der Waals surface area contributed by atoms with Gasteiger partial charge in [0, 0.05) is 12.2 Å². The number of nitrogens with two attached hydrogens (primary N) is 1. The molecule has 3 aliphatic rings. The summed E-state index contributed by atoms with van der Waals surface area (Å²) < 4.78 is 36.6. The highest BCUT2D eigenvalue weighted by atomic mass is 32.2. The fourth-order valence-corrected chi connectivity index (χ4v) is 5.93. The Morgan fingerprint density at radius 2 is 2.00 bits per heavy atom. The molecule has 0 spiro atoms. The van der Waals surface area contributed by atoms with Crippen LogP contribution in [0.5, 0.6) is 5.88 Å². The summed E-state index contributed by atoms with van der Waals surface area (Å²) in [6.45, 7) is 0.404. The molecular weight excluding hydrogens is 435 g/mol. The third kappa shape index (κ3) is 3.89. The topological polar surface area (TPSA) is 124 Å². The second-order valence-electron chi connectivity index (χ2n) is 8.47. The van der Waals surface area contributed by atoms with E-state index in [-0.39, 0.29) is 30.0 Å². The van der Waals surface area contributed by atoms with Gasteiger partial charge in [-0.05, 0) is 60.8 Å². The lowest BCUT2D eigenvalue weighted by Crippen LogP contribution is -2.42. The summed E-state index contributed by atoms with van der Waals surface area (Å²) in [7, 11) is -3.57. The average Bonchev–Trinajstić information content (AvgIpc) is 3.50. The van der Waals surface area contributed by atoms with E-state index in [4.69, 9.17) is 9.88 Å². The number of carbonyl (C=O) groups is 1. The summed E-state index contributed by atoms with van der Waals surface area (Å²) in [6.07, 6.45) is 7.30. The molecule has 0 saturated heterocycles. The van der Waals surface area contributed by atoms with Gasteiger partial charge < -0.3 is 15.4 Å². The lowest BCUT2D eigenvalue weighted by molar-refractivity contribution is 0.177. The van der Waals surface area contributed by atoms with E-state index in [0.29, 0.717) is 6.54 Å². The Hall–Kier alpha value is -2.50. The molecule has 2 atom stereocenters. The molecule has 0 saturated carbocycles. The van der Waals surface area contributed by atoms with Crippen molar-refractivity contribution in [1.82, 2.24) is 15.1 Å². The molecule has 172 valence electrons. The number of carbonyl (C=O) groups excluding carboxylic acids is 1. The number of rotatable bonds is 5. The van der Waals surface area contributed by atoms with Gasteiger partial charge in [-0.2, -0.15) is 5.10 Å². The summed E-state index contributed by atoms with van der Waals surface area (Å²) >= 11 is 0. The van der Waals surface area contributed by atoms with Crippen LogP contribution in [0.25, 0.3) is 0 Å². The SMILES string of the molecule is N[S@](=O)(=NC(=O)Nc1c2c(cc3c1CCC3)CCC2)c1cnn2c1OC[C@@H](NCCF)C2. The van der Waals surface area contributed by atoms with Crippen LogP contribution in [-0.4, -0.2) is 45.9 Å². The van der Waals surface area contributed by atoms with Crippen LogP contribution in [0.2, 0.25) is 0 Å². The average molecular weight is 463 g/mol. The number of aryl methyl sites for hydroxylation is 2. The van der Waals surface area contributed by atoms with Gasteiger partial charge in [-0.15, -0.1) is 4.36 Å². The van der Waals surface area contributed by atoms with E-state index in [2.05, 4.69) is 26.2 Å². The molecule has 0 unspecified atom stereocenters. The molecule has 2 heterocycles. The lowest BCUT2D eigenvalue weighted by Gasteiger charge is -2.25. The minimum Gasteiger partial charge on any atom is -0.475 e. The number of aromatic nitrogens is 2. The molecule has 11 heteroatoms. The van der Waals surface area contributed by atoms with Crippen LogP contribution in [-0.2, 0) is 42.1 Å². The van der Waals surface area contributed by atoms with Crippen LogP contribution in [0, 0.1) is 0 Å². The third-order valence-corrected chi connectivity index (χ3v) is 7.69. The maximum Gasteiger partial charge on any atom is 0.354 e. The number of amides is 2. The first-order valence-electron chi connectivity index (χ1n) is 11.0. The molecule has 1 aliphatic heterocycles. The molecule has 2 aliphatic carbocycles. The number of fused-ring (bicyclic) bond motifs is 3. The van der Waals surface area contributed by atoms with Crippen molar-refractivity contribution in [2.24, 2.45) is 9.50 Å². The van der Waals surface area contributed by atoms with Crippen LogP contribution < -0.4 is 20.5 Å². The van der Waals surface area contributed by atoms with Gasteiger partial charge in [-0.3, -0.25) is 0 Å². The van der Waals surface area contributed by atoms with Crippen LogP contribution >= 0.6 is 0 Å². The van der Waals surface area contributed by atoms with E-state index < -0.39 is 22.6 Å². The third-order valence-electron chi connectivity index (χ3n) is 6.34. The predicted octanol–water partition coefficient (Wildman–Crippen LogP) is 2.11. The molecule has 32 heavy (non-hydrogen) atoms. The molecule has 9 nitrogen and oxygen atoms in total. The van der Waals surface area contributed by atoms with Gasteiger partial charge in [0.05, 0.1) is 18.8 Å². The van der Waals surface area contributed by atoms with Crippen molar-refractivity contribution in [3.05, 3.63) is 34.5 Å². The first-order chi connectivity index (χ1) is 15.5. The van der Waals surface area contributed by atoms with Crippen molar-refractivity contribution < 1.29 is 18.1 Å². The van der Waals surface area contributed by atoms with Crippen molar-refractivity contribution in [2.75, 3.05) is 25.1 Å². The van der Waals surface area contributed by atoms with Crippen molar-refractivity contribution in [2.45, 2.75) is 56.0 Å². The van der Waals surface area contributed by atoms with Crippen LogP contribution in [0.1, 0.15) is 35.1 Å². The summed E-state index contributed by atoms with van der Waals surface area (Å²) in [5, 5.41) is 16.1. The number of hydrogen-bond donors (Lipinski definition) is 3. The maximum absolute atomic E-state index is 13.2. The highest BCUT2D eigenvalue weighted by Crippen LogP contribution is 2.38. The number of hydrogen-bond acceptors (Lipinski definition) is 5. The second kappa shape index (κ2) is 8.45. The summed E-state index contributed by atoms with van der Waals surface area (Å²) in [4.78, 5) is 12.9. The number of halogens is 1. The number of nitrogens with one attached hydrogen (secondary N) is 2. The fraction of sp³-hybridized carbons (Fsp3) is 0.524. The second-order valence-corrected chi connectivity index (χ2v) is 10.2. The fourth-order valence-electron chi connectivity index (χ4n) is 4.93. The molecule has 1 aromatic heterocycles. The van der Waals surface area contributed by atoms with Gasteiger partial charge in [0.1, 0.15) is 18.2 Å². The molecule has 5 rings (SSSR count). The Bertz CT molecular complexity index is 1150. The maximum atomic E-state index is 13.2. The molecule has 0 radical (unpaired) electrons. The zero-order chi connectivity index (χ0) is 22.3. The number of benzene rings is 1. The molecule has 4 N–H and O–H groups in total. The molecule has 0 bridgehead atoms. The highest BCUT2D eigenvalue weighted by molar-refractivity contribution is 7.91. The van der Waals surface area contributed by atoms with Crippen molar-refractivity contribution in [3.63, 3.8) is 0 Å². The largest absolute Gasteiger partial charge is 0.475 e. The van der Waals surface area contributed by atoms with E-state index in [1.54, 1.807) is 0 Å². The Balaban J connectivity index is 1.39. The van der Waals surface area contributed by atoms with E-state index in [9.17, 15) is 13.4 Å². The summed E-state index contributed by atoms with van der Waals surface area (Å²) in [5.74, 6) is 0.230. The van der Waals surface area contributed by atoms with E-state index >= 15 is 0 Å². The minimum absolute atomic E-state index is 0.0834. The molecule has 0 fully saturated rings. The highest BCUT2D eigenvalue weighted by Gasteiger charge is 2.29. The molecule has 2 amide bonds. The van der Waals surface area contributed by atoms with Gasteiger partial charge in [0.15, 0.2) is 9.92 Å². The summed E-state index contributed by atoms with van der Waals surface area (Å²) in [6, 6.07) is 1.42. The van der Waals surface area contributed by atoms with Gasteiger partial charge in [-0.25, -0.2) is 23.2 Å². The Morgan fingerprint density at radius 3 is 2.69 bits per heavy atom. The van der Waals surface area contributed by atoms with Crippen LogP contribution in [0.15, 0.2) is 21.5 Å². The molecular formula is C21H27FN6O3S. The van der Waals surface area contributed by atoms with E-state index in [0.717, 1.165) is 55.3 Å². The first kappa shape index (κ1) is 21.4. The normalized spacial score (nSPS) is 20.6. The summed E-state index contributed by atoms with van der Waals surface area (Å²) in [5.41, 5.74) is 5.71. The first-order valence-corrected chi connectivity index (χ1v) is 12.5. The number of urea groups is 1. The smallest absolute Gasteiger partial charge is 0.354 e. The van der Waals surface area contributed by atoms with Crippen LogP contribution in [0.4, 0.5) is 14.9 Å². The van der Waals surface area contributed by atoms with E-state index in [1.807, 2.05) is 0 Å². The zero-order valence-electron chi connectivity index (χ0n) is 17.7. The van der Waals surface area contributed by atoms with Gasteiger partial charge in [0.25, 0.3) is 0 Å². The standard InChI is InChI=1S/C21H27FN6O3S/c22-7-8-24-15-11-28-20(31-12-15)18(10-25-28)32(23,30)27-21(29)26-19-16-5-1-3-13(16)9-14-4-2-6-17(14)19/h9-10,15,24H,1-8,11-12H2,(H3,23,26,27,29,30)/t15-,32-/m0/s1. The van der Waals surface area contributed by atoms with Crippen molar-refractivity contribution in [1.29, 1.82) is 0 Å². The Labute approximate surface area is 186 Å². The number of anilines is 1. The van der Waals surface area contributed by atoms with Crippen molar-refractivity contribution >= 4 is 21.6 Å². The number of ether oxygens (including phenoxy) is 1. The number of nitrogens with zero attached hydrogens (tertiary/aromatic N) is 3. The van der Waals surface area contributed by atoms with Gasteiger partial charge in [0.2, 0.25) is 5.88 Å². The molecule has 2 aromatic rings. The van der Waals surface area contributed by atoms with Crippen LogP contribution in [0.3, 0.4) is 0 Å². The molecule has 1 aromatic carbocycles. The predicted molar refractivity (Wildman–Crippen MR) is 118 cm³/mol. The number of alkyl halides is 1. The van der Waals surface area contributed by atoms with Gasteiger partial charge >= 0.3 is 6.03 Å². The monoisotopic (exact) mass is 462 g/mol. The van der Waals surface area contributed by atoms with Gasteiger partial charge in [-0.1, -0.05) is 6.07 Å². The Kier molecular flexibility index (Phi) is 5.64. The van der Waals surface area contributed by atoms with E-state index in [1.165, 1.54) is 22.0 Å². The van der Waals surface area contributed by atoms with Crippen molar-refractivity contribution in [3.8, 4) is 5.88 Å². The Morgan fingerprint density at radius 1 is 1.28 bits per heavy atom. The zero-order valence-corrected chi connectivity index (χ0v) is 18.5. The lowest BCUT2D eigenvalue weighted by atomic mass is 9.99. The quantitative estimate of drug-likeness (QED) is 0.628.